The van der Waals surface area contributed by atoms with Gasteiger partial charge in [0, 0.05) is 31.8 Å². The zero-order chi connectivity index (χ0) is 14.4. The number of thiophene rings is 1. The molecule has 2 heterocycles. The van der Waals surface area contributed by atoms with Gasteiger partial charge in [-0.2, -0.15) is 0 Å². The summed E-state index contributed by atoms with van der Waals surface area (Å²) in [4.78, 5) is 16.8. The topological polar surface area (TPSA) is 32.9 Å². The van der Waals surface area contributed by atoms with Crippen LogP contribution in [0.25, 0.3) is 21.0 Å². The van der Waals surface area contributed by atoms with Crippen molar-refractivity contribution in [1.29, 1.82) is 0 Å². The molecule has 0 aliphatic rings. The lowest BCUT2D eigenvalue weighted by atomic mass is 10.1. The number of hydrogen-bond donors (Lipinski definition) is 1. The van der Waals surface area contributed by atoms with Crippen LogP contribution >= 0.6 is 27.3 Å². The van der Waals surface area contributed by atoms with E-state index in [0.29, 0.717) is 5.56 Å². The number of benzene rings is 2. The number of fused-ring (bicyclic) bond motifs is 2. The van der Waals surface area contributed by atoms with E-state index in [1.807, 2.05) is 48.5 Å². The largest absolute Gasteiger partial charge is 0.360 e. The summed E-state index contributed by atoms with van der Waals surface area (Å²) in [5.41, 5.74) is 1.68. The fourth-order valence-corrected chi connectivity index (χ4v) is 4.14. The molecule has 102 valence electrons. The zero-order valence-electron chi connectivity index (χ0n) is 10.9. The second-order valence-corrected chi connectivity index (χ2v) is 6.78. The maximum Gasteiger partial charge on any atom is 0.205 e. The van der Waals surface area contributed by atoms with Gasteiger partial charge in [0.1, 0.15) is 0 Å². The van der Waals surface area contributed by atoms with E-state index in [4.69, 9.17) is 0 Å². The number of aromatic amines is 1. The number of carbonyl (C=O) groups excluding carboxylic acids is 1. The standard InChI is InChI=1S/C17H10BrNOS/c18-12-5-3-6-13-16(12)11(9-19-13)17(20)15-8-10-4-1-2-7-14(10)21-15/h1-9,19H. The number of nitrogens with one attached hydrogen (secondary N) is 1. The lowest BCUT2D eigenvalue weighted by molar-refractivity contribution is 0.104. The predicted molar refractivity (Wildman–Crippen MR) is 91.3 cm³/mol. The van der Waals surface area contributed by atoms with Gasteiger partial charge in [0.05, 0.1) is 4.88 Å². The van der Waals surface area contributed by atoms with Gasteiger partial charge in [-0.05, 0) is 29.7 Å². The zero-order valence-corrected chi connectivity index (χ0v) is 13.3. The van der Waals surface area contributed by atoms with Crippen LogP contribution in [0, 0.1) is 0 Å². The van der Waals surface area contributed by atoms with Crippen LogP contribution in [0.3, 0.4) is 0 Å². The maximum atomic E-state index is 12.8. The van der Waals surface area contributed by atoms with Gasteiger partial charge in [0.25, 0.3) is 0 Å². The molecule has 0 aliphatic heterocycles. The Kier molecular flexibility index (Phi) is 2.94. The third-order valence-corrected chi connectivity index (χ3v) is 5.32. The summed E-state index contributed by atoms with van der Waals surface area (Å²) in [6, 6.07) is 15.9. The molecule has 0 saturated heterocycles. The molecule has 4 heteroatoms. The van der Waals surface area contributed by atoms with Crippen molar-refractivity contribution < 1.29 is 4.79 Å². The second kappa shape index (κ2) is 4.83. The Bertz CT molecular complexity index is 950. The minimum Gasteiger partial charge on any atom is -0.360 e. The first kappa shape index (κ1) is 12.8. The van der Waals surface area contributed by atoms with E-state index in [9.17, 15) is 4.79 Å². The molecule has 0 saturated carbocycles. The van der Waals surface area contributed by atoms with Crippen molar-refractivity contribution in [2.45, 2.75) is 0 Å². The van der Waals surface area contributed by atoms with E-state index >= 15 is 0 Å². The van der Waals surface area contributed by atoms with Crippen molar-refractivity contribution in [2.75, 3.05) is 0 Å². The third-order valence-electron chi connectivity index (χ3n) is 3.55. The van der Waals surface area contributed by atoms with Crippen LogP contribution in [0.15, 0.2) is 59.2 Å². The average molecular weight is 356 g/mol. The summed E-state index contributed by atoms with van der Waals surface area (Å²) in [6.45, 7) is 0. The molecule has 4 rings (SSSR count). The van der Waals surface area contributed by atoms with Crippen molar-refractivity contribution >= 4 is 54.0 Å². The molecule has 0 aliphatic carbocycles. The highest BCUT2D eigenvalue weighted by atomic mass is 79.9. The molecule has 2 nitrogen and oxygen atoms in total. The number of carbonyl (C=O) groups is 1. The Labute approximate surface area is 133 Å². The van der Waals surface area contributed by atoms with E-state index < -0.39 is 0 Å². The van der Waals surface area contributed by atoms with E-state index in [1.165, 1.54) is 11.3 Å². The highest BCUT2D eigenvalue weighted by molar-refractivity contribution is 9.10. The van der Waals surface area contributed by atoms with Crippen LogP contribution < -0.4 is 0 Å². The van der Waals surface area contributed by atoms with Gasteiger partial charge in [0.15, 0.2) is 0 Å². The number of hydrogen-bond acceptors (Lipinski definition) is 2. The summed E-state index contributed by atoms with van der Waals surface area (Å²) < 4.78 is 2.07. The van der Waals surface area contributed by atoms with Crippen molar-refractivity contribution in [3.8, 4) is 0 Å². The molecule has 21 heavy (non-hydrogen) atoms. The van der Waals surface area contributed by atoms with Gasteiger partial charge in [-0.15, -0.1) is 11.3 Å². The Morgan fingerprint density at radius 2 is 1.95 bits per heavy atom. The smallest absolute Gasteiger partial charge is 0.205 e. The van der Waals surface area contributed by atoms with Gasteiger partial charge >= 0.3 is 0 Å². The molecule has 0 radical (unpaired) electrons. The molecule has 0 amide bonds. The van der Waals surface area contributed by atoms with Gasteiger partial charge in [-0.25, -0.2) is 0 Å². The maximum absolute atomic E-state index is 12.8. The number of H-pyrrole nitrogens is 1. The molecule has 0 bridgehead atoms. The van der Waals surface area contributed by atoms with Gasteiger partial charge in [-0.1, -0.05) is 40.2 Å². The van der Waals surface area contributed by atoms with Gasteiger partial charge in [-0.3, -0.25) is 4.79 Å². The van der Waals surface area contributed by atoms with Crippen molar-refractivity contribution in [2.24, 2.45) is 0 Å². The highest BCUT2D eigenvalue weighted by Gasteiger charge is 2.18. The van der Waals surface area contributed by atoms with Crippen LogP contribution in [0.4, 0.5) is 0 Å². The van der Waals surface area contributed by atoms with E-state index in [0.717, 1.165) is 30.3 Å². The van der Waals surface area contributed by atoms with Crippen LogP contribution in [-0.4, -0.2) is 10.8 Å². The molecule has 1 N–H and O–H groups in total. The Morgan fingerprint density at radius 1 is 1.10 bits per heavy atom. The molecule has 2 aromatic heterocycles. The number of rotatable bonds is 2. The second-order valence-electron chi connectivity index (χ2n) is 4.84. The normalized spacial score (nSPS) is 11.3. The first-order chi connectivity index (χ1) is 10.2. The molecule has 0 fully saturated rings. The van der Waals surface area contributed by atoms with E-state index in [1.54, 1.807) is 6.20 Å². The molecule has 2 aromatic carbocycles. The molecular formula is C17H10BrNOS. The van der Waals surface area contributed by atoms with E-state index in [-0.39, 0.29) is 5.78 Å². The van der Waals surface area contributed by atoms with Crippen LogP contribution in [0.1, 0.15) is 15.2 Å². The molecular weight excluding hydrogens is 346 g/mol. The van der Waals surface area contributed by atoms with Crippen LogP contribution in [-0.2, 0) is 0 Å². The van der Waals surface area contributed by atoms with Crippen molar-refractivity contribution in [1.82, 2.24) is 4.98 Å². The Morgan fingerprint density at radius 3 is 2.81 bits per heavy atom. The SMILES string of the molecule is O=C(c1cc2ccccc2s1)c1c[nH]c2cccc(Br)c12. The first-order valence-corrected chi connectivity index (χ1v) is 8.14. The van der Waals surface area contributed by atoms with Crippen LogP contribution in [0.2, 0.25) is 0 Å². The fraction of sp³-hybridized carbons (Fsp3) is 0. The Hall–Kier alpha value is -1.91. The van der Waals surface area contributed by atoms with Crippen molar-refractivity contribution in [3.63, 3.8) is 0 Å². The van der Waals surface area contributed by atoms with Gasteiger partial charge in [0.2, 0.25) is 5.78 Å². The summed E-state index contributed by atoms with van der Waals surface area (Å²) in [6.07, 6.45) is 1.79. The van der Waals surface area contributed by atoms with Crippen molar-refractivity contribution in [3.05, 3.63) is 69.6 Å². The minimum atomic E-state index is 0.0642. The predicted octanol–water partition coefficient (Wildman–Crippen LogP) is 5.38. The fourth-order valence-electron chi connectivity index (χ4n) is 2.55. The number of ketones is 1. The first-order valence-electron chi connectivity index (χ1n) is 6.53. The lowest BCUT2D eigenvalue weighted by Crippen LogP contribution is -1.97. The molecule has 0 spiro atoms. The summed E-state index contributed by atoms with van der Waals surface area (Å²) in [7, 11) is 0. The molecule has 0 unspecified atom stereocenters. The Balaban J connectivity index is 1.90. The summed E-state index contributed by atoms with van der Waals surface area (Å²) >= 11 is 5.07. The van der Waals surface area contributed by atoms with Crippen LogP contribution in [0.5, 0.6) is 0 Å². The molecule has 0 atom stereocenters. The number of aromatic nitrogens is 1. The lowest BCUT2D eigenvalue weighted by Gasteiger charge is -1.98. The summed E-state index contributed by atoms with van der Waals surface area (Å²) in [5.74, 6) is 0.0642. The quantitative estimate of drug-likeness (QED) is 0.481. The molecule has 4 aromatic rings. The van der Waals surface area contributed by atoms with E-state index in [2.05, 4.69) is 20.9 Å². The third kappa shape index (κ3) is 2.03. The monoisotopic (exact) mass is 355 g/mol. The highest BCUT2D eigenvalue weighted by Crippen LogP contribution is 2.32. The minimum absolute atomic E-state index is 0.0642. The number of halogens is 1. The average Bonchev–Trinajstić information content (AvgIpc) is 3.11. The van der Waals surface area contributed by atoms with Gasteiger partial charge < -0.3 is 4.98 Å². The summed E-state index contributed by atoms with van der Waals surface area (Å²) in [5, 5.41) is 2.06.